The molecule has 0 saturated heterocycles. The molecule has 0 aliphatic carbocycles. The van der Waals surface area contributed by atoms with E-state index < -0.39 is 10.0 Å². The molecule has 0 aromatic heterocycles. The van der Waals surface area contributed by atoms with Gasteiger partial charge in [0, 0.05) is 28.6 Å². The van der Waals surface area contributed by atoms with Crippen molar-refractivity contribution in [2.24, 2.45) is 0 Å². The Kier molecular flexibility index (Phi) is 6.60. The van der Waals surface area contributed by atoms with E-state index >= 15 is 0 Å². The van der Waals surface area contributed by atoms with Crippen molar-refractivity contribution in [2.75, 3.05) is 10.0 Å². The lowest BCUT2D eigenvalue weighted by Gasteiger charge is -2.13. The van der Waals surface area contributed by atoms with Crippen LogP contribution < -0.4 is 14.8 Å². The van der Waals surface area contributed by atoms with Gasteiger partial charge in [-0.25, -0.2) is 8.42 Å². The normalized spacial score (nSPS) is 11.2. The quantitative estimate of drug-likeness (QED) is 0.342. The summed E-state index contributed by atoms with van der Waals surface area (Å²) in [6.07, 6.45) is 0.397. The summed E-state index contributed by atoms with van der Waals surface area (Å²) < 4.78 is 33.6. The third kappa shape index (κ3) is 5.70. The maximum absolute atomic E-state index is 12.4. The van der Waals surface area contributed by atoms with Crippen LogP contribution in [0.1, 0.15) is 18.9 Å². The highest BCUT2D eigenvalue weighted by atomic mass is 32.2. The minimum atomic E-state index is -3.53. The number of amides is 1. The Bertz CT molecular complexity index is 1370. The zero-order chi connectivity index (χ0) is 23.3. The van der Waals surface area contributed by atoms with Gasteiger partial charge in [0.05, 0.1) is 5.75 Å². The summed E-state index contributed by atoms with van der Waals surface area (Å²) >= 11 is 0. The molecule has 4 aromatic rings. The summed E-state index contributed by atoms with van der Waals surface area (Å²) in [5.41, 5.74) is 1.91. The molecule has 0 spiro atoms. The Morgan fingerprint density at radius 1 is 0.818 bits per heavy atom. The third-order valence-corrected chi connectivity index (χ3v) is 6.29. The number of nitrogens with one attached hydrogen (secondary N) is 2. The first-order valence-corrected chi connectivity index (χ1v) is 12.2. The van der Waals surface area contributed by atoms with E-state index in [4.69, 9.17) is 4.74 Å². The lowest BCUT2D eigenvalue weighted by atomic mass is 10.1. The van der Waals surface area contributed by atoms with Crippen LogP contribution in [0.3, 0.4) is 0 Å². The molecule has 0 aliphatic rings. The number of ether oxygens (including phenoxy) is 1. The molecule has 6 nitrogen and oxygen atoms in total. The summed E-state index contributed by atoms with van der Waals surface area (Å²) in [5.74, 6) is 1.05. The minimum absolute atomic E-state index is 0.0564. The van der Waals surface area contributed by atoms with Gasteiger partial charge in [0.2, 0.25) is 15.9 Å². The Labute approximate surface area is 193 Å². The minimum Gasteiger partial charge on any atom is -0.457 e. The van der Waals surface area contributed by atoms with Gasteiger partial charge in [-0.05, 0) is 42.0 Å². The van der Waals surface area contributed by atoms with Gasteiger partial charge in [-0.15, -0.1) is 0 Å². The number of carbonyl (C=O) groups is 1. The van der Waals surface area contributed by atoms with Gasteiger partial charge in [0.1, 0.15) is 11.5 Å². The molecule has 33 heavy (non-hydrogen) atoms. The predicted octanol–water partition coefficient (Wildman–Crippen LogP) is 5.92. The van der Waals surface area contributed by atoms with Crippen LogP contribution in [0, 0.1) is 0 Å². The summed E-state index contributed by atoms with van der Waals surface area (Å²) in [4.78, 5) is 11.8. The van der Waals surface area contributed by atoms with Crippen LogP contribution in [-0.2, 0) is 20.6 Å². The molecule has 0 atom stereocenters. The lowest BCUT2D eigenvalue weighted by Crippen LogP contribution is -2.14. The topological polar surface area (TPSA) is 84.5 Å². The van der Waals surface area contributed by atoms with Crippen LogP contribution in [0.2, 0.25) is 0 Å². The van der Waals surface area contributed by atoms with E-state index in [1.54, 1.807) is 43.3 Å². The van der Waals surface area contributed by atoms with Crippen LogP contribution in [0.5, 0.6) is 11.5 Å². The lowest BCUT2D eigenvalue weighted by molar-refractivity contribution is -0.115. The molecule has 0 radical (unpaired) electrons. The van der Waals surface area contributed by atoms with E-state index in [-0.39, 0.29) is 11.7 Å². The Balaban J connectivity index is 1.50. The maximum Gasteiger partial charge on any atom is 0.236 e. The smallest absolute Gasteiger partial charge is 0.236 e. The van der Waals surface area contributed by atoms with Gasteiger partial charge in [0.25, 0.3) is 0 Å². The fourth-order valence-electron chi connectivity index (χ4n) is 3.44. The molecule has 4 aromatic carbocycles. The average Bonchev–Trinajstić information content (AvgIpc) is 2.82. The molecule has 2 N–H and O–H groups in total. The van der Waals surface area contributed by atoms with Crippen molar-refractivity contribution in [1.29, 1.82) is 0 Å². The highest BCUT2D eigenvalue weighted by Gasteiger charge is 2.13. The van der Waals surface area contributed by atoms with E-state index in [1.165, 1.54) is 0 Å². The van der Waals surface area contributed by atoms with Crippen LogP contribution in [0.25, 0.3) is 10.8 Å². The van der Waals surface area contributed by atoms with Gasteiger partial charge in [-0.1, -0.05) is 61.5 Å². The van der Waals surface area contributed by atoms with Gasteiger partial charge in [0.15, 0.2) is 0 Å². The van der Waals surface area contributed by atoms with Gasteiger partial charge >= 0.3 is 0 Å². The van der Waals surface area contributed by atoms with Crippen molar-refractivity contribution in [3.63, 3.8) is 0 Å². The zero-order valence-electron chi connectivity index (χ0n) is 18.1. The summed E-state index contributed by atoms with van der Waals surface area (Å²) in [6.45, 7) is 1.81. The molecule has 0 fully saturated rings. The second-order valence-corrected chi connectivity index (χ2v) is 9.25. The van der Waals surface area contributed by atoms with E-state index in [0.717, 1.165) is 22.0 Å². The first-order valence-electron chi connectivity index (χ1n) is 10.6. The first kappa shape index (κ1) is 22.4. The summed E-state index contributed by atoms with van der Waals surface area (Å²) in [6, 6.07) is 27.1. The van der Waals surface area contributed by atoms with Crippen molar-refractivity contribution >= 4 is 38.1 Å². The molecule has 0 unspecified atom stereocenters. The van der Waals surface area contributed by atoms with Crippen LogP contribution >= 0.6 is 0 Å². The largest absolute Gasteiger partial charge is 0.457 e. The fourth-order valence-corrected chi connectivity index (χ4v) is 4.63. The number of benzene rings is 4. The average molecular weight is 461 g/mol. The van der Waals surface area contributed by atoms with Gasteiger partial charge in [-0.2, -0.15) is 0 Å². The summed E-state index contributed by atoms with van der Waals surface area (Å²) in [5, 5.41) is 4.65. The van der Waals surface area contributed by atoms with Gasteiger partial charge in [-0.3, -0.25) is 9.52 Å². The Morgan fingerprint density at radius 2 is 1.48 bits per heavy atom. The zero-order valence-corrected chi connectivity index (χ0v) is 18.9. The number of carbonyl (C=O) groups excluding carboxylic acids is 1. The molecule has 4 rings (SSSR count). The number of rotatable bonds is 8. The SMILES string of the molecule is CCC(=O)Nc1ccc(Oc2ccc(NS(=O)(=O)Cc3ccccc3)cc2)c2ccccc12. The number of hydrogen-bond acceptors (Lipinski definition) is 4. The van der Waals surface area contributed by atoms with E-state index in [1.807, 2.05) is 54.6 Å². The summed E-state index contributed by atoms with van der Waals surface area (Å²) in [7, 11) is -3.53. The molecule has 0 saturated carbocycles. The molecular formula is C26H24N2O4S. The number of sulfonamides is 1. The molecular weight excluding hydrogens is 436 g/mol. The van der Waals surface area contributed by atoms with Crippen LogP contribution in [0.15, 0.2) is 91.0 Å². The molecule has 0 bridgehead atoms. The van der Waals surface area contributed by atoms with E-state index in [0.29, 0.717) is 23.6 Å². The van der Waals surface area contributed by atoms with Crippen molar-refractivity contribution in [3.05, 3.63) is 96.6 Å². The molecule has 7 heteroatoms. The number of anilines is 2. The maximum atomic E-state index is 12.4. The van der Waals surface area contributed by atoms with Crippen LogP contribution in [0.4, 0.5) is 11.4 Å². The van der Waals surface area contributed by atoms with Crippen molar-refractivity contribution in [2.45, 2.75) is 19.1 Å². The molecule has 0 aliphatic heterocycles. The molecule has 168 valence electrons. The fraction of sp³-hybridized carbons (Fsp3) is 0.115. The van der Waals surface area contributed by atoms with Crippen molar-refractivity contribution in [3.8, 4) is 11.5 Å². The first-order chi connectivity index (χ1) is 15.9. The van der Waals surface area contributed by atoms with Crippen LogP contribution in [-0.4, -0.2) is 14.3 Å². The Hall–Kier alpha value is -3.84. The van der Waals surface area contributed by atoms with Crippen molar-refractivity contribution in [1.82, 2.24) is 0 Å². The highest BCUT2D eigenvalue weighted by molar-refractivity contribution is 7.91. The predicted molar refractivity (Wildman–Crippen MR) is 132 cm³/mol. The monoisotopic (exact) mass is 460 g/mol. The molecule has 1 amide bonds. The van der Waals surface area contributed by atoms with Crippen molar-refractivity contribution < 1.29 is 17.9 Å². The standard InChI is InChI=1S/C26H24N2O4S/c1-2-26(29)27-24-16-17-25(23-11-7-6-10-22(23)24)32-21-14-12-20(13-15-21)28-33(30,31)18-19-8-4-3-5-9-19/h3-17,28H,2,18H2,1H3,(H,27,29). The van der Waals surface area contributed by atoms with E-state index in [9.17, 15) is 13.2 Å². The van der Waals surface area contributed by atoms with Gasteiger partial charge < -0.3 is 10.1 Å². The Morgan fingerprint density at radius 3 is 2.18 bits per heavy atom. The second-order valence-electron chi connectivity index (χ2n) is 7.53. The number of fused-ring (bicyclic) bond motifs is 1. The number of hydrogen-bond donors (Lipinski definition) is 2. The second kappa shape index (κ2) is 9.75. The highest BCUT2D eigenvalue weighted by Crippen LogP contribution is 2.34. The molecule has 0 heterocycles. The third-order valence-electron chi connectivity index (χ3n) is 5.03. The van der Waals surface area contributed by atoms with E-state index in [2.05, 4.69) is 10.0 Å².